The van der Waals surface area contributed by atoms with Crippen LogP contribution in [0.2, 0.25) is 0 Å². The Morgan fingerprint density at radius 3 is 2.64 bits per heavy atom. The third kappa shape index (κ3) is 1.48. The van der Waals surface area contributed by atoms with Gasteiger partial charge >= 0.3 is 0 Å². The molecule has 0 saturated heterocycles. The molecule has 1 heterocycles. The van der Waals surface area contributed by atoms with Crippen LogP contribution in [0, 0.1) is 0 Å². The molecule has 0 atom stereocenters. The number of H-pyrrole nitrogens is 1. The van der Waals surface area contributed by atoms with Crippen LogP contribution in [0.1, 0.15) is 0 Å². The van der Waals surface area contributed by atoms with Gasteiger partial charge in [0.1, 0.15) is 10.8 Å². The third-order valence-electron chi connectivity index (χ3n) is 2.02. The fraction of sp³-hybridized carbons (Fsp3) is 0.100. The summed E-state index contributed by atoms with van der Waals surface area (Å²) in [5.41, 5.74) is 7.92. The lowest BCUT2D eigenvalue weighted by molar-refractivity contribution is 1.01. The van der Waals surface area contributed by atoms with Crippen LogP contribution in [0.3, 0.4) is 0 Å². The first-order valence-electron chi connectivity index (χ1n) is 4.26. The number of thioether (sulfide) groups is 1. The van der Waals surface area contributed by atoms with Crippen LogP contribution >= 0.6 is 11.8 Å². The standard InChI is InChI=1S/C10H11N3S/c1-14-10-8(9(11)12-13-10)7-5-3-2-4-6-7/h2-6H,1H3,(H3,11,12,13). The van der Waals surface area contributed by atoms with E-state index in [1.54, 1.807) is 11.8 Å². The molecule has 72 valence electrons. The van der Waals surface area contributed by atoms with Gasteiger partial charge in [0.15, 0.2) is 0 Å². The summed E-state index contributed by atoms with van der Waals surface area (Å²) in [7, 11) is 0. The first kappa shape index (κ1) is 9.15. The lowest BCUT2D eigenvalue weighted by Crippen LogP contribution is -1.87. The van der Waals surface area contributed by atoms with Gasteiger partial charge in [-0.2, -0.15) is 5.10 Å². The Morgan fingerprint density at radius 1 is 1.29 bits per heavy atom. The van der Waals surface area contributed by atoms with Crippen molar-refractivity contribution in [3.05, 3.63) is 30.3 Å². The molecule has 1 aromatic heterocycles. The first-order valence-corrected chi connectivity index (χ1v) is 5.48. The van der Waals surface area contributed by atoms with E-state index in [0.29, 0.717) is 5.82 Å². The van der Waals surface area contributed by atoms with E-state index >= 15 is 0 Å². The van der Waals surface area contributed by atoms with Crippen molar-refractivity contribution in [1.82, 2.24) is 10.2 Å². The Morgan fingerprint density at radius 2 is 2.00 bits per heavy atom. The topological polar surface area (TPSA) is 54.7 Å². The van der Waals surface area contributed by atoms with Gasteiger partial charge in [0.25, 0.3) is 0 Å². The van der Waals surface area contributed by atoms with Crippen LogP contribution in [0.4, 0.5) is 5.82 Å². The van der Waals surface area contributed by atoms with E-state index in [4.69, 9.17) is 5.73 Å². The molecule has 1 aromatic carbocycles. The van der Waals surface area contributed by atoms with E-state index in [0.717, 1.165) is 16.2 Å². The highest BCUT2D eigenvalue weighted by Crippen LogP contribution is 2.32. The molecule has 14 heavy (non-hydrogen) atoms. The van der Waals surface area contributed by atoms with Gasteiger partial charge in [-0.25, -0.2) is 0 Å². The minimum atomic E-state index is 0.626. The molecule has 3 nitrogen and oxygen atoms in total. The highest BCUT2D eigenvalue weighted by atomic mass is 32.2. The monoisotopic (exact) mass is 205 g/mol. The van der Waals surface area contributed by atoms with Crippen LogP contribution in [0.15, 0.2) is 35.4 Å². The fourth-order valence-corrected chi connectivity index (χ4v) is 1.94. The minimum absolute atomic E-state index is 0.626. The molecule has 3 N–H and O–H groups in total. The van der Waals surface area contributed by atoms with Gasteiger partial charge in [0.2, 0.25) is 0 Å². The second-order valence-electron chi connectivity index (χ2n) is 2.89. The van der Waals surface area contributed by atoms with Crippen molar-refractivity contribution < 1.29 is 0 Å². The van der Waals surface area contributed by atoms with Crippen molar-refractivity contribution >= 4 is 17.6 Å². The summed E-state index contributed by atoms with van der Waals surface area (Å²) in [6.45, 7) is 0. The molecule has 0 fully saturated rings. The molecule has 4 heteroatoms. The molecule has 0 aliphatic carbocycles. The van der Waals surface area contributed by atoms with Crippen molar-refractivity contribution in [1.29, 1.82) is 0 Å². The second kappa shape index (κ2) is 3.75. The van der Waals surface area contributed by atoms with Gasteiger partial charge < -0.3 is 5.73 Å². The summed E-state index contributed by atoms with van der Waals surface area (Å²) in [5, 5.41) is 7.86. The summed E-state index contributed by atoms with van der Waals surface area (Å²) < 4.78 is 0. The molecule has 0 spiro atoms. The molecular formula is C10H11N3S. The number of anilines is 1. The summed E-state index contributed by atoms with van der Waals surface area (Å²) in [5.74, 6) is 0.626. The van der Waals surface area contributed by atoms with Crippen LogP contribution in [-0.4, -0.2) is 16.5 Å². The van der Waals surface area contributed by atoms with Gasteiger partial charge in [-0.15, -0.1) is 11.8 Å². The number of nitrogens with one attached hydrogen (secondary N) is 1. The number of benzene rings is 1. The summed E-state index contributed by atoms with van der Waals surface area (Å²) in [4.78, 5) is 0. The maximum Gasteiger partial charge on any atom is 0.128 e. The molecule has 0 aliphatic heterocycles. The predicted molar refractivity (Wildman–Crippen MR) is 60.2 cm³/mol. The summed E-state index contributed by atoms with van der Waals surface area (Å²) in [6.07, 6.45) is 1.99. The van der Waals surface area contributed by atoms with Gasteiger partial charge in [-0.3, -0.25) is 5.10 Å². The molecule has 0 bridgehead atoms. The van der Waals surface area contributed by atoms with E-state index in [-0.39, 0.29) is 0 Å². The Balaban J connectivity index is 2.55. The zero-order chi connectivity index (χ0) is 9.97. The predicted octanol–water partition coefficient (Wildman–Crippen LogP) is 2.38. The summed E-state index contributed by atoms with van der Waals surface area (Å²) in [6, 6.07) is 10.0. The smallest absolute Gasteiger partial charge is 0.128 e. The van der Waals surface area contributed by atoms with Crippen molar-refractivity contribution in [2.24, 2.45) is 0 Å². The highest BCUT2D eigenvalue weighted by molar-refractivity contribution is 7.98. The Kier molecular flexibility index (Phi) is 2.45. The largest absolute Gasteiger partial charge is 0.384 e. The Labute approximate surface area is 86.7 Å². The zero-order valence-corrected chi connectivity index (χ0v) is 8.64. The number of nitrogen functional groups attached to an aromatic ring is 1. The number of hydrogen-bond acceptors (Lipinski definition) is 3. The maximum atomic E-state index is 5.82. The highest BCUT2D eigenvalue weighted by Gasteiger charge is 2.11. The number of nitrogens with zero attached hydrogens (tertiary/aromatic N) is 1. The van der Waals surface area contributed by atoms with E-state index < -0.39 is 0 Å². The third-order valence-corrected chi connectivity index (χ3v) is 2.70. The molecule has 0 saturated carbocycles. The lowest BCUT2D eigenvalue weighted by atomic mass is 10.1. The van der Waals surface area contributed by atoms with Gasteiger partial charge in [0, 0.05) is 0 Å². The minimum Gasteiger partial charge on any atom is -0.384 e. The Hall–Kier alpha value is -1.42. The number of nitrogens with two attached hydrogens (primary N) is 1. The van der Waals surface area contributed by atoms with Crippen molar-refractivity contribution in [2.45, 2.75) is 5.03 Å². The number of hydrogen-bond donors (Lipinski definition) is 2. The van der Waals surface area contributed by atoms with Crippen LogP contribution < -0.4 is 5.73 Å². The molecule has 0 radical (unpaired) electrons. The van der Waals surface area contributed by atoms with Crippen LogP contribution in [-0.2, 0) is 0 Å². The van der Waals surface area contributed by atoms with Crippen molar-refractivity contribution in [2.75, 3.05) is 12.0 Å². The van der Waals surface area contributed by atoms with Crippen molar-refractivity contribution in [3.63, 3.8) is 0 Å². The number of aromatic amines is 1. The van der Waals surface area contributed by atoms with Gasteiger partial charge in [0.05, 0.1) is 5.56 Å². The maximum absolute atomic E-state index is 5.82. The molecule has 0 aliphatic rings. The quantitative estimate of drug-likeness (QED) is 0.740. The van der Waals surface area contributed by atoms with Crippen LogP contribution in [0.5, 0.6) is 0 Å². The second-order valence-corrected chi connectivity index (χ2v) is 3.68. The normalized spacial score (nSPS) is 10.4. The Bertz CT molecular complexity index is 422. The number of rotatable bonds is 2. The van der Waals surface area contributed by atoms with Crippen molar-refractivity contribution in [3.8, 4) is 11.1 Å². The van der Waals surface area contributed by atoms with E-state index in [1.807, 2.05) is 36.6 Å². The van der Waals surface area contributed by atoms with Crippen LogP contribution in [0.25, 0.3) is 11.1 Å². The fourth-order valence-electron chi connectivity index (χ4n) is 1.37. The molecule has 2 rings (SSSR count). The summed E-state index contributed by atoms with van der Waals surface area (Å²) >= 11 is 1.59. The zero-order valence-electron chi connectivity index (χ0n) is 7.82. The molecule has 0 amide bonds. The van der Waals surface area contributed by atoms with E-state index in [9.17, 15) is 0 Å². The average molecular weight is 205 g/mol. The SMILES string of the molecule is CSc1n[nH]c(N)c1-c1ccccc1. The lowest BCUT2D eigenvalue weighted by Gasteiger charge is -2.00. The molecule has 2 aromatic rings. The van der Waals surface area contributed by atoms with E-state index in [1.165, 1.54) is 0 Å². The van der Waals surface area contributed by atoms with Gasteiger partial charge in [-0.1, -0.05) is 30.3 Å². The van der Waals surface area contributed by atoms with E-state index in [2.05, 4.69) is 10.2 Å². The number of aromatic nitrogens is 2. The molecule has 0 unspecified atom stereocenters. The molecular weight excluding hydrogens is 194 g/mol. The first-order chi connectivity index (χ1) is 6.83. The van der Waals surface area contributed by atoms with Gasteiger partial charge in [-0.05, 0) is 11.8 Å². The average Bonchev–Trinajstić information content (AvgIpc) is 2.61.